The van der Waals surface area contributed by atoms with E-state index >= 15 is 0 Å². The van der Waals surface area contributed by atoms with Crippen LogP contribution in [0.15, 0.2) is 0 Å². The summed E-state index contributed by atoms with van der Waals surface area (Å²) in [5, 5.41) is 11.3. The highest BCUT2D eigenvalue weighted by Crippen LogP contribution is 2.48. The van der Waals surface area contributed by atoms with Crippen LogP contribution in [-0.2, 0) is 0 Å². The van der Waals surface area contributed by atoms with Crippen molar-refractivity contribution in [1.82, 2.24) is 9.97 Å². The van der Waals surface area contributed by atoms with Gasteiger partial charge in [0.15, 0.2) is 0 Å². The standard InChI is InChI=1S/C14H19ClN4O2/c1-8-12(19(20)21)13(17-14(15)16-8)18(2)7-11-6-9-3-4-10(11)5-9/h9-11H,3-7H2,1-2H3. The molecule has 3 rings (SSSR count). The Kier molecular flexibility index (Phi) is 3.73. The fourth-order valence-electron chi connectivity index (χ4n) is 4.04. The molecule has 3 unspecified atom stereocenters. The van der Waals surface area contributed by atoms with E-state index in [4.69, 9.17) is 11.6 Å². The van der Waals surface area contributed by atoms with E-state index in [1.807, 2.05) is 11.9 Å². The average Bonchev–Trinajstić information content (AvgIpc) is 2.99. The summed E-state index contributed by atoms with van der Waals surface area (Å²) < 4.78 is 0. The maximum absolute atomic E-state index is 11.3. The Morgan fingerprint density at radius 1 is 1.38 bits per heavy atom. The molecule has 114 valence electrons. The van der Waals surface area contributed by atoms with Gasteiger partial charge in [0.2, 0.25) is 11.1 Å². The van der Waals surface area contributed by atoms with Gasteiger partial charge in [0.25, 0.3) is 0 Å². The third-order valence-electron chi connectivity index (χ3n) is 4.95. The van der Waals surface area contributed by atoms with Crippen LogP contribution >= 0.6 is 11.6 Å². The molecule has 2 fully saturated rings. The number of halogens is 1. The van der Waals surface area contributed by atoms with Crippen molar-refractivity contribution in [2.45, 2.75) is 32.6 Å². The highest BCUT2D eigenvalue weighted by molar-refractivity contribution is 6.28. The molecular formula is C14H19ClN4O2. The van der Waals surface area contributed by atoms with Gasteiger partial charge in [-0.15, -0.1) is 0 Å². The van der Waals surface area contributed by atoms with Crippen LogP contribution in [0.2, 0.25) is 5.28 Å². The van der Waals surface area contributed by atoms with E-state index in [0.29, 0.717) is 17.4 Å². The molecule has 2 aliphatic carbocycles. The van der Waals surface area contributed by atoms with Gasteiger partial charge in [-0.1, -0.05) is 6.42 Å². The molecule has 3 atom stereocenters. The molecule has 1 aromatic rings. The van der Waals surface area contributed by atoms with Crippen LogP contribution in [0.25, 0.3) is 0 Å². The molecule has 7 heteroatoms. The van der Waals surface area contributed by atoms with Crippen LogP contribution in [0.5, 0.6) is 0 Å². The molecule has 6 nitrogen and oxygen atoms in total. The Morgan fingerprint density at radius 2 is 2.14 bits per heavy atom. The minimum atomic E-state index is -0.418. The summed E-state index contributed by atoms with van der Waals surface area (Å²) in [6, 6.07) is 0. The summed E-state index contributed by atoms with van der Waals surface area (Å²) in [6.45, 7) is 2.40. The number of hydrogen-bond donors (Lipinski definition) is 0. The lowest BCUT2D eigenvalue weighted by Crippen LogP contribution is -2.30. The Labute approximate surface area is 128 Å². The van der Waals surface area contributed by atoms with Crippen LogP contribution < -0.4 is 4.90 Å². The van der Waals surface area contributed by atoms with Crippen LogP contribution in [-0.4, -0.2) is 28.5 Å². The van der Waals surface area contributed by atoms with Crippen molar-refractivity contribution in [1.29, 1.82) is 0 Å². The zero-order valence-corrected chi connectivity index (χ0v) is 13.0. The van der Waals surface area contributed by atoms with E-state index in [0.717, 1.165) is 18.4 Å². The predicted octanol–water partition coefficient (Wildman–Crippen LogP) is 3.22. The van der Waals surface area contributed by atoms with E-state index in [1.165, 1.54) is 25.7 Å². The number of nitrogens with zero attached hydrogens (tertiary/aromatic N) is 4. The van der Waals surface area contributed by atoms with Crippen molar-refractivity contribution in [3.8, 4) is 0 Å². The minimum absolute atomic E-state index is 0.0370. The second-order valence-corrected chi connectivity index (χ2v) is 6.66. The maximum Gasteiger partial charge on any atom is 0.332 e. The van der Waals surface area contributed by atoms with Crippen LogP contribution in [0.3, 0.4) is 0 Å². The molecule has 0 N–H and O–H groups in total. The van der Waals surface area contributed by atoms with Crippen molar-refractivity contribution in [3.63, 3.8) is 0 Å². The summed E-state index contributed by atoms with van der Waals surface area (Å²) in [7, 11) is 1.86. The Hall–Kier alpha value is -1.43. The van der Waals surface area contributed by atoms with Crippen molar-refractivity contribution in [2.24, 2.45) is 17.8 Å². The average molecular weight is 311 g/mol. The van der Waals surface area contributed by atoms with E-state index in [2.05, 4.69) is 9.97 Å². The monoisotopic (exact) mass is 310 g/mol. The van der Waals surface area contributed by atoms with Gasteiger partial charge in [-0.25, -0.2) is 4.98 Å². The lowest BCUT2D eigenvalue weighted by Gasteiger charge is -2.27. The number of aryl methyl sites for hydroxylation is 1. The molecule has 0 saturated heterocycles. The highest BCUT2D eigenvalue weighted by atomic mass is 35.5. The molecule has 2 bridgehead atoms. The molecule has 0 aromatic carbocycles. The Balaban J connectivity index is 1.84. The molecule has 1 aromatic heterocycles. The predicted molar refractivity (Wildman–Crippen MR) is 80.6 cm³/mol. The van der Waals surface area contributed by atoms with Gasteiger partial charge < -0.3 is 4.90 Å². The lowest BCUT2D eigenvalue weighted by molar-refractivity contribution is -0.385. The third kappa shape index (κ3) is 2.69. The smallest absolute Gasteiger partial charge is 0.332 e. The molecule has 0 amide bonds. The first-order valence-corrected chi connectivity index (χ1v) is 7.73. The van der Waals surface area contributed by atoms with Gasteiger partial charge in [0.1, 0.15) is 5.69 Å². The molecule has 2 saturated carbocycles. The van der Waals surface area contributed by atoms with Gasteiger partial charge >= 0.3 is 5.69 Å². The molecule has 1 heterocycles. The molecular weight excluding hydrogens is 292 g/mol. The largest absolute Gasteiger partial charge is 0.354 e. The van der Waals surface area contributed by atoms with Crippen molar-refractivity contribution < 1.29 is 4.92 Å². The summed E-state index contributed by atoms with van der Waals surface area (Å²) in [6.07, 6.45) is 5.21. The number of rotatable bonds is 4. The Morgan fingerprint density at radius 3 is 2.71 bits per heavy atom. The Bertz CT molecular complexity index is 580. The van der Waals surface area contributed by atoms with Crippen molar-refractivity contribution >= 4 is 23.1 Å². The van der Waals surface area contributed by atoms with E-state index in [1.54, 1.807) is 6.92 Å². The SMILES string of the molecule is Cc1nc(Cl)nc(N(C)CC2CC3CCC2C3)c1[N+](=O)[O-]. The normalized spacial score (nSPS) is 27.1. The minimum Gasteiger partial charge on any atom is -0.354 e. The molecule has 0 aliphatic heterocycles. The molecule has 2 aliphatic rings. The zero-order valence-electron chi connectivity index (χ0n) is 12.3. The molecule has 0 spiro atoms. The number of hydrogen-bond acceptors (Lipinski definition) is 5. The number of aromatic nitrogens is 2. The summed E-state index contributed by atoms with van der Waals surface area (Å²) in [5.74, 6) is 2.58. The van der Waals surface area contributed by atoms with Crippen LogP contribution in [0, 0.1) is 34.8 Å². The topological polar surface area (TPSA) is 72.2 Å². The van der Waals surface area contributed by atoms with Crippen LogP contribution in [0.4, 0.5) is 11.5 Å². The van der Waals surface area contributed by atoms with Crippen LogP contribution in [0.1, 0.15) is 31.4 Å². The fourth-order valence-corrected chi connectivity index (χ4v) is 4.24. The fraction of sp³-hybridized carbons (Fsp3) is 0.714. The lowest BCUT2D eigenvalue weighted by atomic mass is 9.88. The van der Waals surface area contributed by atoms with Gasteiger partial charge in [-0.05, 0) is 55.5 Å². The molecule has 21 heavy (non-hydrogen) atoms. The van der Waals surface area contributed by atoms with E-state index in [9.17, 15) is 10.1 Å². The highest BCUT2D eigenvalue weighted by Gasteiger charge is 2.40. The first kappa shape index (κ1) is 14.5. The van der Waals surface area contributed by atoms with Gasteiger partial charge in [-0.2, -0.15) is 4.98 Å². The van der Waals surface area contributed by atoms with Gasteiger partial charge in [0.05, 0.1) is 4.92 Å². The summed E-state index contributed by atoms with van der Waals surface area (Å²) >= 11 is 5.88. The third-order valence-corrected chi connectivity index (χ3v) is 5.12. The molecule has 0 radical (unpaired) electrons. The summed E-state index contributed by atoms with van der Waals surface area (Å²) in [5.41, 5.74) is 0.278. The number of nitro groups is 1. The van der Waals surface area contributed by atoms with Gasteiger partial charge in [-0.3, -0.25) is 10.1 Å². The van der Waals surface area contributed by atoms with Crippen molar-refractivity contribution in [2.75, 3.05) is 18.5 Å². The van der Waals surface area contributed by atoms with Crippen molar-refractivity contribution in [3.05, 3.63) is 21.1 Å². The zero-order chi connectivity index (χ0) is 15.1. The maximum atomic E-state index is 11.3. The second kappa shape index (κ2) is 5.40. The first-order valence-electron chi connectivity index (χ1n) is 7.35. The quantitative estimate of drug-likeness (QED) is 0.485. The first-order chi connectivity index (χ1) is 9.95. The van der Waals surface area contributed by atoms with Gasteiger partial charge in [0, 0.05) is 13.6 Å². The van der Waals surface area contributed by atoms with E-state index < -0.39 is 4.92 Å². The number of fused-ring (bicyclic) bond motifs is 2. The number of anilines is 1. The second-order valence-electron chi connectivity index (χ2n) is 6.32. The summed E-state index contributed by atoms with van der Waals surface area (Å²) in [4.78, 5) is 20.7. The van der Waals surface area contributed by atoms with E-state index in [-0.39, 0.29) is 11.0 Å².